The predicted octanol–water partition coefficient (Wildman–Crippen LogP) is 0.855. The Hall–Kier alpha value is -0.520. The molecule has 0 amide bonds. The first-order valence-electron chi connectivity index (χ1n) is 4.59. The third-order valence-electron chi connectivity index (χ3n) is 2.68. The topological polar surface area (TPSA) is 23.5 Å². The number of aliphatic hydroxyl groups excluding tert-OH is 1. The fraction of sp³-hybridized carbons (Fsp3) is 0.800. The molecular weight excluding hydrogens is 150 g/mol. The molecule has 2 heteroatoms. The molecule has 1 heterocycles. The van der Waals surface area contributed by atoms with Gasteiger partial charge in [0.25, 0.3) is 0 Å². The van der Waals surface area contributed by atoms with Crippen LogP contribution in [0.2, 0.25) is 0 Å². The minimum absolute atomic E-state index is 0.242. The molecule has 0 aliphatic carbocycles. The summed E-state index contributed by atoms with van der Waals surface area (Å²) in [5, 5.41) is 9.10. The molecule has 1 saturated heterocycles. The summed E-state index contributed by atoms with van der Waals surface area (Å²) in [6, 6.07) is 0.830. The van der Waals surface area contributed by atoms with Crippen molar-refractivity contribution in [3.05, 3.63) is 0 Å². The number of nitrogens with zero attached hydrogens (tertiary/aromatic N) is 1. The third-order valence-corrected chi connectivity index (χ3v) is 2.68. The average molecular weight is 167 g/mol. The summed E-state index contributed by atoms with van der Waals surface area (Å²) >= 11 is 0. The third kappa shape index (κ3) is 2.00. The van der Waals surface area contributed by atoms with Crippen LogP contribution >= 0.6 is 0 Å². The Morgan fingerprint density at radius 1 is 1.58 bits per heavy atom. The monoisotopic (exact) mass is 167 g/mol. The Labute approximate surface area is 74.6 Å². The second kappa shape index (κ2) is 4.49. The van der Waals surface area contributed by atoms with E-state index >= 15 is 0 Å². The van der Waals surface area contributed by atoms with Gasteiger partial charge in [0.2, 0.25) is 0 Å². The van der Waals surface area contributed by atoms with E-state index < -0.39 is 0 Å². The molecule has 12 heavy (non-hydrogen) atoms. The Balaban J connectivity index is 2.54. The van der Waals surface area contributed by atoms with E-state index in [1.807, 2.05) is 0 Å². The van der Waals surface area contributed by atoms with E-state index in [1.165, 1.54) is 12.8 Å². The van der Waals surface area contributed by atoms with Gasteiger partial charge in [0.05, 0.1) is 13.2 Å². The Morgan fingerprint density at radius 3 is 2.92 bits per heavy atom. The molecule has 0 radical (unpaired) electrons. The fourth-order valence-corrected chi connectivity index (χ4v) is 1.93. The van der Waals surface area contributed by atoms with Gasteiger partial charge in [-0.1, -0.05) is 12.3 Å². The highest BCUT2D eigenvalue weighted by molar-refractivity contribution is 4.93. The molecule has 0 aromatic carbocycles. The average Bonchev–Trinajstić information content (AvgIpc) is 2.09. The number of piperidine rings is 1. The van der Waals surface area contributed by atoms with Gasteiger partial charge in [0.1, 0.15) is 0 Å². The lowest BCUT2D eigenvalue weighted by molar-refractivity contribution is 0.0642. The molecule has 1 rings (SSSR count). The second-order valence-corrected chi connectivity index (χ2v) is 3.49. The van der Waals surface area contributed by atoms with Gasteiger partial charge in [-0.25, -0.2) is 0 Å². The van der Waals surface area contributed by atoms with Crippen molar-refractivity contribution in [2.75, 3.05) is 13.2 Å². The molecule has 2 atom stereocenters. The SMILES string of the molecule is C#CCN1C(C)CCCC1CO. The van der Waals surface area contributed by atoms with Gasteiger partial charge in [0, 0.05) is 12.1 Å². The van der Waals surface area contributed by atoms with Crippen molar-refractivity contribution in [1.29, 1.82) is 0 Å². The minimum Gasteiger partial charge on any atom is -0.395 e. The van der Waals surface area contributed by atoms with Crippen LogP contribution in [0.15, 0.2) is 0 Å². The van der Waals surface area contributed by atoms with E-state index in [2.05, 4.69) is 17.7 Å². The Morgan fingerprint density at radius 2 is 2.33 bits per heavy atom. The van der Waals surface area contributed by atoms with Gasteiger partial charge in [0.15, 0.2) is 0 Å². The quantitative estimate of drug-likeness (QED) is 0.616. The summed E-state index contributed by atoms with van der Waals surface area (Å²) in [4.78, 5) is 2.23. The van der Waals surface area contributed by atoms with Gasteiger partial charge >= 0.3 is 0 Å². The van der Waals surface area contributed by atoms with E-state index in [9.17, 15) is 0 Å². The first-order valence-corrected chi connectivity index (χ1v) is 4.59. The van der Waals surface area contributed by atoms with Gasteiger partial charge < -0.3 is 5.11 Å². The smallest absolute Gasteiger partial charge is 0.0604 e. The molecule has 1 N–H and O–H groups in total. The largest absolute Gasteiger partial charge is 0.395 e. The summed E-state index contributed by atoms with van der Waals surface area (Å²) < 4.78 is 0. The maximum Gasteiger partial charge on any atom is 0.0604 e. The van der Waals surface area contributed by atoms with E-state index in [-0.39, 0.29) is 6.61 Å². The first kappa shape index (κ1) is 9.57. The lowest BCUT2D eigenvalue weighted by Crippen LogP contribution is -2.47. The van der Waals surface area contributed by atoms with Crippen molar-refractivity contribution in [1.82, 2.24) is 4.90 Å². The molecule has 2 nitrogen and oxygen atoms in total. The summed E-state index contributed by atoms with van der Waals surface area (Å²) in [7, 11) is 0. The standard InChI is InChI=1S/C10H17NO/c1-3-7-11-9(2)5-4-6-10(11)8-12/h1,9-10,12H,4-8H2,2H3. The predicted molar refractivity (Wildman–Crippen MR) is 49.7 cm³/mol. The highest BCUT2D eigenvalue weighted by atomic mass is 16.3. The number of hydrogen-bond donors (Lipinski definition) is 1. The van der Waals surface area contributed by atoms with Crippen LogP contribution in [0, 0.1) is 12.3 Å². The van der Waals surface area contributed by atoms with E-state index in [4.69, 9.17) is 11.5 Å². The molecule has 1 aliphatic rings. The van der Waals surface area contributed by atoms with E-state index in [0.717, 1.165) is 6.42 Å². The van der Waals surface area contributed by atoms with Crippen molar-refractivity contribution in [3.63, 3.8) is 0 Å². The second-order valence-electron chi connectivity index (χ2n) is 3.49. The lowest BCUT2D eigenvalue weighted by Gasteiger charge is -2.38. The number of terminal acetylenes is 1. The van der Waals surface area contributed by atoms with Gasteiger partial charge in [-0.3, -0.25) is 4.90 Å². The highest BCUT2D eigenvalue weighted by Gasteiger charge is 2.25. The number of hydrogen-bond acceptors (Lipinski definition) is 2. The summed E-state index contributed by atoms with van der Waals surface area (Å²) in [6.07, 6.45) is 8.77. The normalized spacial score (nSPS) is 31.4. The van der Waals surface area contributed by atoms with Gasteiger partial charge in [-0.05, 0) is 19.8 Å². The maximum absolute atomic E-state index is 9.10. The van der Waals surface area contributed by atoms with Crippen molar-refractivity contribution in [2.45, 2.75) is 38.3 Å². The molecule has 0 bridgehead atoms. The number of likely N-dealkylation sites (tertiary alicyclic amines) is 1. The molecule has 1 aliphatic heterocycles. The van der Waals surface area contributed by atoms with Crippen LogP contribution in [0.4, 0.5) is 0 Å². The molecule has 68 valence electrons. The van der Waals surface area contributed by atoms with E-state index in [1.54, 1.807) is 0 Å². The van der Waals surface area contributed by atoms with Gasteiger partial charge in [-0.2, -0.15) is 0 Å². The highest BCUT2D eigenvalue weighted by Crippen LogP contribution is 2.21. The van der Waals surface area contributed by atoms with Gasteiger partial charge in [-0.15, -0.1) is 6.42 Å². The molecule has 0 aromatic heterocycles. The molecular formula is C10H17NO. The fourth-order valence-electron chi connectivity index (χ4n) is 1.93. The van der Waals surface area contributed by atoms with Crippen LogP contribution < -0.4 is 0 Å². The van der Waals surface area contributed by atoms with Crippen molar-refractivity contribution >= 4 is 0 Å². The van der Waals surface area contributed by atoms with Crippen molar-refractivity contribution < 1.29 is 5.11 Å². The summed E-state index contributed by atoms with van der Waals surface area (Å²) in [6.45, 7) is 3.09. The van der Waals surface area contributed by atoms with E-state index in [0.29, 0.717) is 18.6 Å². The maximum atomic E-state index is 9.10. The molecule has 0 spiro atoms. The number of rotatable bonds is 2. The molecule has 0 aromatic rings. The summed E-state index contributed by atoms with van der Waals surface area (Å²) in [5.74, 6) is 2.65. The lowest BCUT2D eigenvalue weighted by atomic mass is 9.97. The molecule has 0 saturated carbocycles. The molecule has 1 fully saturated rings. The Bertz CT molecular complexity index is 173. The van der Waals surface area contributed by atoms with Crippen LogP contribution in [-0.2, 0) is 0 Å². The first-order chi connectivity index (χ1) is 5.79. The van der Waals surface area contributed by atoms with Crippen molar-refractivity contribution in [3.8, 4) is 12.3 Å². The molecule has 2 unspecified atom stereocenters. The summed E-state index contributed by atoms with van der Waals surface area (Å²) in [5.41, 5.74) is 0. The minimum atomic E-state index is 0.242. The van der Waals surface area contributed by atoms with Crippen LogP contribution in [-0.4, -0.2) is 35.2 Å². The Kier molecular flexibility index (Phi) is 3.58. The van der Waals surface area contributed by atoms with Crippen LogP contribution in [0.5, 0.6) is 0 Å². The van der Waals surface area contributed by atoms with Crippen LogP contribution in [0.25, 0.3) is 0 Å². The van der Waals surface area contributed by atoms with Crippen LogP contribution in [0.1, 0.15) is 26.2 Å². The van der Waals surface area contributed by atoms with Crippen molar-refractivity contribution in [2.24, 2.45) is 0 Å². The zero-order valence-corrected chi connectivity index (χ0v) is 7.66. The zero-order valence-electron chi connectivity index (χ0n) is 7.66. The van der Waals surface area contributed by atoms with Crippen LogP contribution in [0.3, 0.4) is 0 Å². The number of aliphatic hydroxyl groups is 1. The zero-order chi connectivity index (χ0) is 8.97.